The van der Waals surface area contributed by atoms with Crippen LogP contribution in [0.2, 0.25) is 0 Å². The number of rotatable bonds is 7. The van der Waals surface area contributed by atoms with E-state index in [9.17, 15) is 4.79 Å². The molecule has 1 aromatic heterocycles. The van der Waals surface area contributed by atoms with Gasteiger partial charge in [-0.15, -0.1) is 22.9 Å². The molecular formula is C14H20ClNO2S. The molecule has 106 valence electrons. The largest absolute Gasteiger partial charge is 0.380 e. The average molecular weight is 302 g/mol. The zero-order valence-corrected chi connectivity index (χ0v) is 12.6. The van der Waals surface area contributed by atoms with E-state index in [1.54, 1.807) is 11.3 Å². The first kappa shape index (κ1) is 14.8. The molecule has 0 aromatic carbocycles. The zero-order chi connectivity index (χ0) is 13.5. The molecule has 19 heavy (non-hydrogen) atoms. The molecule has 0 saturated carbocycles. The van der Waals surface area contributed by atoms with Gasteiger partial charge in [-0.2, -0.15) is 0 Å². The van der Waals surface area contributed by atoms with Crippen LogP contribution in [0.4, 0.5) is 0 Å². The average Bonchev–Trinajstić information content (AvgIpc) is 2.90. The summed E-state index contributed by atoms with van der Waals surface area (Å²) in [6.07, 6.45) is 4.05. The van der Waals surface area contributed by atoms with Crippen molar-refractivity contribution in [2.75, 3.05) is 25.6 Å². The molecule has 1 heterocycles. The van der Waals surface area contributed by atoms with E-state index >= 15 is 0 Å². The number of carbonyl (C=O) groups is 1. The summed E-state index contributed by atoms with van der Waals surface area (Å²) < 4.78 is 5.27. The van der Waals surface area contributed by atoms with E-state index in [0.717, 1.165) is 25.7 Å². The number of nitrogens with one attached hydrogen (secondary N) is 1. The van der Waals surface area contributed by atoms with Crippen LogP contribution in [-0.2, 0) is 16.0 Å². The lowest BCUT2D eigenvalue weighted by Crippen LogP contribution is -2.32. The van der Waals surface area contributed by atoms with Gasteiger partial charge in [0.05, 0.1) is 12.5 Å². The Morgan fingerprint density at radius 1 is 1.53 bits per heavy atom. The first-order valence-electron chi connectivity index (χ1n) is 6.80. The molecule has 1 atom stereocenters. The quantitative estimate of drug-likeness (QED) is 0.621. The molecule has 3 nitrogen and oxygen atoms in total. The molecule has 5 heteroatoms. The Kier molecular flexibility index (Phi) is 6.14. The van der Waals surface area contributed by atoms with Crippen LogP contribution < -0.4 is 5.32 Å². The van der Waals surface area contributed by atoms with Crippen molar-refractivity contribution in [2.24, 2.45) is 0 Å². The second-order valence-electron chi connectivity index (χ2n) is 4.69. The minimum atomic E-state index is 0.0544. The van der Waals surface area contributed by atoms with E-state index in [4.69, 9.17) is 16.3 Å². The molecule has 1 N–H and O–H groups in total. The van der Waals surface area contributed by atoms with E-state index in [2.05, 4.69) is 16.8 Å². The van der Waals surface area contributed by atoms with Crippen LogP contribution in [-0.4, -0.2) is 31.5 Å². The van der Waals surface area contributed by atoms with Crippen molar-refractivity contribution in [3.05, 3.63) is 21.9 Å². The maximum absolute atomic E-state index is 12.2. The number of ether oxygens (including phenoxy) is 1. The third kappa shape index (κ3) is 4.20. The summed E-state index contributed by atoms with van der Waals surface area (Å²) in [7, 11) is 0. The molecule has 1 unspecified atom stereocenters. The monoisotopic (exact) mass is 301 g/mol. The summed E-state index contributed by atoms with van der Waals surface area (Å²) in [5, 5.41) is 5.11. The van der Waals surface area contributed by atoms with Crippen molar-refractivity contribution in [1.82, 2.24) is 5.32 Å². The van der Waals surface area contributed by atoms with E-state index in [-0.39, 0.29) is 11.8 Å². The van der Waals surface area contributed by atoms with Crippen molar-refractivity contribution < 1.29 is 9.53 Å². The van der Waals surface area contributed by atoms with Gasteiger partial charge in [-0.05, 0) is 42.7 Å². The van der Waals surface area contributed by atoms with Crippen LogP contribution in [0.3, 0.4) is 0 Å². The van der Waals surface area contributed by atoms with Crippen LogP contribution in [0.25, 0.3) is 0 Å². The normalized spacial score (nSPS) is 18.1. The maximum Gasteiger partial charge on any atom is 0.227 e. The van der Waals surface area contributed by atoms with Crippen LogP contribution in [0.5, 0.6) is 0 Å². The summed E-state index contributed by atoms with van der Waals surface area (Å²) in [6, 6.07) is 2.10. The van der Waals surface area contributed by atoms with Crippen LogP contribution in [0, 0.1) is 0 Å². The van der Waals surface area contributed by atoms with Crippen molar-refractivity contribution in [1.29, 1.82) is 0 Å². The molecule has 1 amide bonds. The number of halogens is 1. The van der Waals surface area contributed by atoms with Crippen molar-refractivity contribution in [3.8, 4) is 0 Å². The molecule has 0 fully saturated rings. The maximum atomic E-state index is 12.2. The van der Waals surface area contributed by atoms with E-state index in [1.165, 1.54) is 10.4 Å². The van der Waals surface area contributed by atoms with Gasteiger partial charge in [-0.3, -0.25) is 4.79 Å². The standard InChI is InChI=1S/C14H20ClNO2S/c15-6-9-18-8-2-7-16-14(17)12-3-1-4-13-11(12)5-10-19-13/h5,10,12H,1-4,6-9H2,(H,16,17). The molecule has 1 aromatic rings. The Bertz CT molecular complexity index is 408. The number of hydrogen-bond donors (Lipinski definition) is 1. The number of fused-ring (bicyclic) bond motifs is 1. The molecule has 0 spiro atoms. The highest BCUT2D eigenvalue weighted by atomic mass is 35.5. The van der Waals surface area contributed by atoms with E-state index in [1.807, 2.05) is 0 Å². The van der Waals surface area contributed by atoms with Crippen LogP contribution in [0.1, 0.15) is 35.6 Å². The summed E-state index contributed by atoms with van der Waals surface area (Å²) in [6.45, 7) is 1.91. The highest BCUT2D eigenvalue weighted by molar-refractivity contribution is 7.10. The van der Waals surface area contributed by atoms with Gasteiger partial charge in [0.25, 0.3) is 0 Å². The number of alkyl halides is 1. The molecule has 0 bridgehead atoms. The van der Waals surface area contributed by atoms with Crippen molar-refractivity contribution in [3.63, 3.8) is 0 Å². The van der Waals surface area contributed by atoms with Gasteiger partial charge in [0.1, 0.15) is 0 Å². The van der Waals surface area contributed by atoms with E-state index in [0.29, 0.717) is 25.6 Å². The predicted octanol–water partition coefficient (Wildman–Crippen LogP) is 2.93. The first-order valence-corrected chi connectivity index (χ1v) is 8.22. The third-order valence-corrected chi connectivity index (χ3v) is 4.51. The van der Waals surface area contributed by atoms with E-state index < -0.39 is 0 Å². The predicted molar refractivity (Wildman–Crippen MR) is 79.2 cm³/mol. The summed E-state index contributed by atoms with van der Waals surface area (Å²) in [5.74, 6) is 0.741. The minimum Gasteiger partial charge on any atom is -0.380 e. The number of aryl methyl sites for hydroxylation is 1. The number of hydrogen-bond acceptors (Lipinski definition) is 3. The lowest BCUT2D eigenvalue weighted by atomic mass is 9.87. The Morgan fingerprint density at radius 2 is 2.42 bits per heavy atom. The Hall–Kier alpha value is -0.580. The number of thiophene rings is 1. The molecule has 0 radical (unpaired) electrons. The van der Waals surface area contributed by atoms with Gasteiger partial charge in [0.2, 0.25) is 5.91 Å². The number of amides is 1. The summed E-state index contributed by atoms with van der Waals surface area (Å²) >= 11 is 7.28. The van der Waals surface area contributed by atoms with Gasteiger partial charge in [-0.1, -0.05) is 0 Å². The van der Waals surface area contributed by atoms with Crippen LogP contribution >= 0.6 is 22.9 Å². The van der Waals surface area contributed by atoms with Crippen molar-refractivity contribution in [2.45, 2.75) is 31.6 Å². The van der Waals surface area contributed by atoms with Crippen molar-refractivity contribution >= 4 is 28.8 Å². The molecule has 1 aliphatic carbocycles. The SMILES string of the molecule is O=C(NCCCOCCCl)C1CCCc2sccc21. The van der Waals surface area contributed by atoms with Gasteiger partial charge in [-0.25, -0.2) is 0 Å². The highest BCUT2D eigenvalue weighted by Gasteiger charge is 2.26. The minimum absolute atomic E-state index is 0.0544. The second kappa shape index (κ2) is 7.88. The van der Waals surface area contributed by atoms with Gasteiger partial charge in [0.15, 0.2) is 0 Å². The molecule has 2 rings (SSSR count). The third-order valence-electron chi connectivity index (χ3n) is 3.35. The Morgan fingerprint density at radius 3 is 3.26 bits per heavy atom. The fourth-order valence-corrected chi connectivity index (χ4v) is 3.52. The number of carbonyl (C=O) groups excluding carboxylic acids is 1. The summed E-state index contributed by atoms with van der Waals surface area (Å²) in [4.78, 5) is 13.6. The lowest BCUT2D eigenvalue weighted by molar-refractivity contribution is -0.122. The molecular weight excluding hydrogens is 282 g/mol. The fraction of sp³-hybridized carbons (Fsp3) is 0.643. The fourth-order valence-electron chi connectivity index (χ4n) is 2.42. The molecule has 0 aliphatic heterocycles. The topological polar surface area (TPSA) is 38.3 Å². The zero-order valence-electron chi connectivity index (χ0n) is 11.0. The Labute approximate surface area is 123 Å². The lowest BCUT2D eigenvalue weighted by Gasteiger charge is -2.21. The highest BCUT2D eigenvalue weighted by Crippen LogP contribution is 2.34. The molecule has 0 saturated heterocycles. The van der Waals surface area contributed by atoms with Crippen LogP contribution in [0.15, 0.2) is 11.4 Å². The second-order valence-corrected chi connectivity index (χ2v) is 6.07. The smallest absolute Gasteiger partial charge is 0.227 e. The van der Waals surface area contributed by atoms with Gasteiger partial charge >= 0.3 is 0 Å². The molecule has 1 aliphatic rings. The van der Waals surface area contributed by atoms with Gasteiger partial charge in [0, 0.05) is 23.9 Å². The van der Waals surface area contributed by atoms with Gasteiger partial charge < -0.3 is 10.1 Å². The Balaban J connectivity index is 1.73. The summed E-state index contributed by atoms with van der Waals surface area (Å²) in [5.41, 5.74) is 1.24. The first-order chi connectivity index (χ1) is 9.33.